The van der Waals surface area contributed by atoms with Gasteiger partial charge in [-0.05, 0) is 35.9 Å². The van der Waals surface area contributed by atoms with Crippen LogP contribution in [-0.2, 0) is 11.4 Å². The lowest BCUT2D eigenvalue weighted by Crippen LogP contribution is -2.14. The smallest absolute Gasteiger partial charge is 0.234 e. The van der Waals surface area contributed by atoms with Crippen molar-refractivity contribution < 1.29 is 9.53 Å². The van der Waals surface area contributed by atoms with Crippen molar-refractivity contribution in [1.82, 2.24) is 15.0 Å². The molecule has 0 bridgehead atoms. The number of pyridine rings is 1. The van der Waals surface area contributed by atoms with Crippen molar-refractivity contribution in [2.75, 3.05) is 11.1 Å². The van der Waals surface area contributed by atoms with Gasteiger partial charge in [-0.25, -0.2) is 9.97 Å². The number of nitrogens with zero attached hydrogens (tertiary/aromatic N) is 2. The third-order valence-corrected chi connectivity index (χ3v) is 5.09. The first-order chi connectivity index (χ1) is 14.2. The molecule has 0 saturated heterocycles. The number of hydrogen-bond donors (Lipinski definition) is 2. The fourth-order valence-corrected chi connectivity index (χ4v) is 3.46. The minimum absolute atomic E-state index is 0.126. The molecule has 0 fully saturated rings. The molecule has 2 heterocycles. The normalized spacial score (nSPS) is 10.8. The van der Waals surface area contributed by atoms with Gasteiger partial charge in [0, 0.05) is 11.9 Å². The van der Waals surface area contributed by atoms with Crippen molar-refractivity contribution in [2.45, 2.75) is 11.8 Å². The molecule has 2 aromatic carbocycles. The van der Waals surface area contributed by atoms with Gasteiger partial charge in [-0.1, -0.05) is 53.7 Å². The fourth-order valence-electron chi connectivity index (χ4n) is 2.63. The highest BCUT2D eigenvalue weighted by Crippen LogP contribution is 2.21. The van der Waals surface area contributed by atoms with Crippen LogP contribution in [0.2, 0.25) is 5.02 Å². The Morgan fingerprint density at radius 3 is 2.72 bits per heavy atom. The van der Waals surface area contributed by atoms with Gasteiger partial charge in [0.2, 0.25) is 5.91 Å². The molecule has 1 amide bonds. The number of imidazole rings is 1. The molecule has 0 saturated carbocycles. The van der Waals surface area contributed by atoms with Crippen LogP contribution in [0.4, 0.5) is 5.69 Å². The molecule has 8 heteroatoms. The summed E-state index contributed by atoms with van der Waals surface area (Å²) in [6.45, 7) is 0.501. The molecule has 2 aromatic heterocycles. The standard InChI is InChI=1S/C21H17ClN4O2S/c22-15-10-18-20(23-11-15)26-21(25-18)29-13-19(27)24-16-6-8-17(9-7-16)28-12-14-4-2-1-3-5-14/h1-11H,12-13H2,(H,24,27)(H,23,25,26). The highest BCUT2D eigenvalue weighted by Gasteiger charge is 2.09. The van der Waals surface area contributed by atoms with Gasteiger partial charge in [-0.2, -0.15) is 0 Å². The van der Waals surface area contributed by atoms with Crippen LogP contribution in [0.5, 0.6) is 5.75 Å². The van der Waals surface area contributed by atoms with Crippen LogP contribution in [0.25, 0.3) is 11.2 Å². The van der Waals surface area contributed by atoms with Gasteiger partial charge in [0.25, 0.3) is 0 Å². The van der Waals surface area contributed by atoms with Crippen molar-refractivity contribution in [2.24, 2.45) is 0 Å². The Labute approximate surface area is 176 Å². The van der Waals surface area contributed by atoms with E-state index in [1.165, 1.54) is 11.8 Å². The maximum atomic E-state index is 12.2. The zero-order chi connectivity index (χ0) is 20.1. The third kappa shape index (κ3) is 5.28. The number of fused-ring (bicyclic) bond motifs is 1. The van der Waals surface area contributed by atoms with E-state index < -0.39 is 0 Å². The monoisotopic (exact) mass is 424 g/mol. The third-order valence-electron chi connectivity index (χ3n) is 4.01. The second-order valence-corrected chi connectivity index (χ2v) is 7.60. The minimum Gasteiger partial charge on any atom is -0.489 e. The number of thioether (sulfide) groups is 1. The predicted molar refractivity (Wildman–Crippen MR) is 115 cm³/mol. The largest absolute Gasteiger partial charge is 0.489 e. The molecule has 0 atom stereocenters. The summed E-state index contributed by atoms with van der Waals surface area (Å²) >= 11 is 7.22. The van der Waals surface area contributed by atoms with E-state index in [9.17, 15) is 4.79 Å². The van der Waals surface area contributed by atoms with Crippen LogP contribution < -0.4 is 10.1 Å². The molecule has 4 aromatic rings. The molecule has 0 radical (unpaired) electrons. The summed E-state index contributed by atoms with van der Waals surface area (Å²) in [4.78, 5) is 23.8. The molecule has 29 heavy (non-hydrogen) atoms. The number of anilines is 1. The number of nitrogens with one attached hydrogen (secondary N) is 2. The number of H-pyrrole nitrogens is 1. The van der Waals surface area contributed by atoms with Crippen molar-refractivity contribution in [1.29, 1.82) is 0 Å². The van der Waals surface area contributed by atoms with Crippen molar-refractivity contribution in [3.05, 3.63) is 77.4 Å². The zero-order valence-corrected chi connectivity index (χ0v) is 16.8. The summed E-state index contributed by atoms with van der Waals surface area (Å²) in [5.41, 5.74) is 3.13. The quantitative estimate of drug-likeness (QED) is 0.411. The number of ether oxygens (including phenoxy) is 1. The summed E-state index contributed by atoms with van der Waals surface area (Å²) in [5, 5.41) is 4.02. The lowest BCUT2D eigenvalue weighted by atomic mass is 10.2. The molecule has 0 unspecified atom stereocenters. The van der Waals surface area contributed by atoms with E-state index in [1.54, 1.807) is 12.3 Å². The Hall–Kier alpha value is -3.03. The number of benzene rings is 2. The SMILES string of the molecule is O=C(CSc1nc2ncc(Cl)cc2[nH]1)Nc1ccc(OCc2ccccc2)cc1. The van der Waals surface area contributed by atoms with E-state index in [-0.39, 0.29) is 11.7 Å². The van der Waals surface area contributed by atoms with E-state index in [0.29, 0.717) is 28.1 Å². The molecule has 0 spiro atoms. The second kappa shape index (κ2) is 8.98. The lowest BCUT2D eigenvalue weighted by Gasteiger charge is -2.08. The van der Waals surface area contributed by atoms with E-state index >= 15 is 0 Å². The van der Waals surface area contributed by atoms with E-state index in [2.05, 4.69) is 20.3 Å². The summed E-state index contributed by atoms with van der Waals surface area (Å²) < 4.78 is 5.75. The van der Waals surface area contributed by atoms with Crippen LogP contribution >= 0.6 is 23.4 Å². The van der Waals surface area contributed by atoms with Gasteiger partial charge >= 0.3 is 0 Å². The average molecular weight is 425 g/mol. The fraction of sp³-hybridized carbons (Fsp3) is 0.0952. The van der Waals surface area contributed by atoms with Crippen LogP contribution in [0.3, 0.4) is 0 Å². The van der Waals surface area contributed by atoms with Gasteiger partial charge in [0.15, 0.2) is 10.8 Å². The van der Waals surface area contributed by atoms with Gasteiger partial charge in [-0.15, -0.1) is 0 Å². The highest BCUT2D eigenvalue weighted by molar-refractivity contribution is 7.99. The van der Waals surface area contributed by atoms with Crippen LogP contribution in [0, 0.1) is 0 Å². The summed E-state index contributed by atoms with van der Waals surface area (Å²) in [6.07, 6.45) is 1.54. The topological polar surface area (TPSA) is 79.9 Å². The Balaban J connectivity index is 1.27. The molecule has 146 valence electrons. The van der Waals surface area contributed by atoms with Crippen molar-refractivity contribution in [3.63, 3.8) is 0 Å². The molecule has 2 N–H and O–H groups in total. The van der Waals surface area contributed by atoms with Gasteiger partial charge in [0.05, 0.1) is 16.3 Å². The first kappa shape index (κ1) is 19.3. The summed E-state index contributed by atoms with van der Waals surface area (Å²) in [5.74, 6) is 0.842. The Kier molecular flexibility index (Phi) is 5.97. The number of hydrogen-bond acceptors (Lipinski definition) is 5. The van der Waals surface area contributed by atoms with E-state index in [4.69, 9.17) is 16.3 Å². The summed E-state index contributed by atoms with van der Waals surface area (Å²) in [6, 6.07) is 19.0. The first-order valence-corrected chi connectivity index (χ1v) is 10.2. The van der Waals surface area contributed by atoms with Crippen molar-refractivity contribution in [3.8, 4) is 5.75 Å². The molecule has 0 aliphatic rings. The number of carbonyl (C=O) groups excluding carboxylic acids is 1. The molecule has 0 aliphatic heterocycles. The number of aromatic amines is 1. The lowest BCUT2D eigenvalue weighted by molar-refractivity contribution is -0.113. The van der Waals surface area contributed by atoms with Crippen molar-refractivity contribution >= 4 is 46.1 Å². The number of aromatic nitrogens is 3. The van der Waals surface area contributed by atoms with E-state index in [1.807, 2.05) is 54.6 Å². The second-order valence-electron chi connectivity index (χ2n) is 6.20. The summed E-state index contributed by atoms with van der Waals surface area (Å²) in [7, 11) is 0. The molecule has 6 nitrogen and oxygen atoms in total. The molecular weight excluding hydrogens is 408 g/mol. The van der Waals surface area contributed by atoms with E-state index in [0.717, 1.165) is 16.8 Å². The molecule has 4 rings (SSSR count). The first-order valence-electron chi connectivity index (χ1n) is 8.86. The van der Waals surface area contributed by atoms with Crippen LogP contribution in [-0.4, -0.2) is 26.6 Å². The number of amides is 1. The Morgan fingerprint density at radius 1 is 1.14 bits per heavy atom. The van der Waals surface area contributed by atoms with Gasteiger partial charge in [-0.3, -0.25) is 4.79 Å². The number of rotatable bonds is 7. The maximum Gasteiger partial charge on any atom is 0.234 e. The molecular formula is C21H17ClN4O2S. The Bertz CT molecular complexity index is 1120. The van der Waals surface area contributed by atoms with Gasteiger partial charge < -0.3 is 15.0 Å². The Morgan fingerprint density at radius 2 is 1.93 bits per heavy atom. The maximum absolute atomic E-state index is 12.2. The number of carbonyl (C=O) groups is 1. The number of halogens is 1. The highest BCUT2D eigenvalue weighted by atomic mass is 35.5. The zero-order valence-electron chi connectivity index (χ0n) is 15.3. The average Bonchev–Trinajstić information content (AvgIpc) is 3.14. The van der Waals surface area contributed by atoms with Crippen LogP contribution in [0.1, 0.15) is 5.56 Å². The van der Waals surface area contributed by atoms with Crippen LogP contribution in [0.15, 0.2) is 72.0 Å². The van der Waals surface area contributed by atoms with Gasteiger partial charge in [0.1, 0.15) is 12.4 Å². The minimum atomic E-state index is -0.126. The predicted octanol–water partition coefficient (Wildman–Crippen LogP) is 4.92. The molecule has 0 aliphatic carbocycles.